The fraction of sp³-hybridized carbons (Fsp3) is 0.625. The molecule has 3 heteroatoms. The number of carbonyl (C=O) groups is 2. The number of rotatable bonds is 19. The molecule has 0 aromatic heterocycles. The van der Waals surface area contributed by atoms with Crippen LogP contribution in [0.25, 0.3) is 0 Å². The topological polar surface area (TPSA) is 46.2 Å². The van der Waals surface area contributed by atoms with Crippen LogP contribution in [0.5, 0.6) is 0 Å². The van der Waals surface area contributed by atoms with Crippen molar-refractivity contribution in [1.29, 1.82) is 0 Å². The smallest absolute Gasteiger partial charge is 0.220 e. The maximum absolute atomic E-state index is 11.5. The Kier molecular flexibility index (Phi) is 19.8. The average molecular weight is 484 g/mol. The van der Waals surface area contributed by atoms with Crippen LogP contribution >= 0.6 is 0 Å². The van der Waals surface area contributed by atoms with E-state index in [2.05, 4.69) is 70.3 Å². The maximum atomic E-state index is 11.5. The largest absolute Gasteiger partial charge is 0.352 e. The first-order valence-corrected chi connectivity index (χ1v) is 13.7. The van der Waals surface area contributed by atoms with Crippen LogP contribution in [0, 0.1) is 0 Å². The minimum absolute atomic E-state index is 0.145. The first kappa shape index (κ1) is 32.8. The summed E-state index contributed by atoms with van der Waals surface area (Å²) in [6.45, 7) is 15.3. The van der Waals surface area contributed by atoms with Crippen LogP contribution in [0.4, 0.5) is 0 Å². The van der Waals surface area contributed by atoms with Crippen LogP contribution in [-0.4, -0.2) is 18.2 Å². The molecule has 0 heterocycles. The van der Waals surface area contributed by atoms with Crippen LogP contribution in [0.3, 0.4) is 0 Å². The van der Waals surface area contributed by atoms with Crippen molar-refractivity contribution in [1.82, 2.24) is 5.32 Å². The summed E-state index contributed by atoms with van der Waals surface area (Å²) in [5, 5.41) is 2.97. The fourth-order valence-corrected chi connectivity index (χ4v) is 3.74. The van der Waals surface area contributed by atoms with Crippen molar-refractivity contribution in [3.63, 3.8) is 0 Å². The standard InChI is InChI=1S/C32H53NO2/c1-8-14-32(35)33-25-30(6)23-12-21-28(4)19-10-17-26(2)15-9-16-27(3)18-11-20-29(5)22-13-24-31(7)34/h15,18-19,22-23H,8-14,16-17,20-21,24-25H2,1-7H3,(H,33,35). The molecule has 1 amide bonds. The highest BCUT2D eigenvalue weighted by Gasteiger charge is 1.99. The van der Waals surface area contributed by atoms with Gasteiger partial charge in [0.2, 0.25) is 5.91 Å². The summed E-state index contributed by atoms with van der Waals surface area (Å²) in [7, 11) is 0. The molecule has 0 atom stereocenters. The Hall–Kier alpha value is -2.16. The zero-order valence-corrected chi connectivity index (χ0v) is 23.9. The molecule has 3 nitrogen and oxygen atoms in total. The van der Waals surface area contributed by atoms with E-state index in [0.717, 1.165) is 64.2 Å². The van der Waals surface area contributed by atoms with Gasteiger partial charge >= 0.3 is 0 Å². The highest BCUT2D eigenvalue weighted by molar-refractivity contribution is 5.76. The lowest BCUT2D eigenvalue weighted by Crippen LogP contribution is -2.24. The van der Waals surface area contributed by atoms with E-state index in [9.17, 15) is 9.59 Å². The Bertz CT molecular complexity index is 777. The van der Waals surface area contributed by atoms with E-state index in [1.807, 2.05) is 6.92 Å². The van der Waals surface area contributed by atoms with Crippen LogP contribution in [0.15, 0.2) is 58.2 Å². The van der Waals surface area contributed by atoms with Gasteiger partial charge in [0.1, 0.15) is 5.78 Å². The molecule has 0 aliphatic heterocycles. The van der Waals surface area contributed by atoms with Gasteiger partial charge in [-0.2, -0.15) is 0 Å². The predicted molar refractivity (Wildman–Crippen MR) is 154 cm³/mol. The summed E-state index contributed by atoms with van der Waals surface area (Å²) >= 11 is 0. The molecule has 0 aromatic rings. The molecular formula is C32H53NO2. The molecule has 0 fully saturated rings. The van der Waals surface area contributed by atoms with Gasteiger partial charge in [-0.3, -0.25) is 4.79 Å². The van der Waals surface area contributed by atoms with Crippen molar-refractivity contribution in [2.75, 3.05) is 6.54 Å². The highest BCUT2D eigenvalue weighted by Crippen LogP contribution is 2.15. The van der Waals surface area contributed by atoms with Crippen molar-refractivity contribution in [3.8, 4) is 0 Å². The molecule has 0 unspecified atom stereocenters. The van der Waals surface area contributed by atoms with E-state index in [0.29, 0.717) is 19.4 Å². The Balaban J connectivity index is 4.12. The Morgan fingerprint density at radius 2 is 0.857 bits per heavy atom. The Morgan fingerprint density at radius 3 is 1.20 bits per heavy atom. The second-order valence-corrected chi connectivity index (χ2v) is 10.2. The molecule has 0 saturated carbocycles. The first-order valence-electron chi connectivity index (χ1n) is 13.7. The van der Waals surface area contributed by atoms with E-state index < -0.39 is 0 Å². The summed E-state index contributed by atoms with van der Waals surface area (Å²) in [5.74, 6) is 0.413. The van der Waals surface area contributed by atoms with E-state index in [1.54, 1.807) is 6.92 Å². The fourth-order valence-electron chi connectivity index (χ4n) is 3.74. The lowest BCUT2D eigenvalue weighted by atomic mass is 10.0. The predicted octanol–water partition coefficient (Wildman–Crippen LogP) is 9.12. The molecule has 1 N–H and O–H groups in total. The van der Waals surface area contributed by atoms with Crippen molar-refractivity contribution in [3.05, 3.63) is 58.2 Å². The molecule has 0 spiro atoms. The van der Waals surface area contributed by atoms with E-state index in [1.165, 1.54) is 27.9 Å². The summed E-state index contributed by atoms with van der Waals surface area (Å²) in [6, 6.07) is 0. The summed E-state index contributed by atoms with van der Waals surface area (Å²) in [5.41, 5.74) is 7.01. The van der Waals surface area contributed by atoms with Crippen LogP contribution < -0.4 is 5.32 Å². The number of hydrogen-bond acceptors (Lipinski definition) is 2. The van der Waals surface area contributed by atoms with Crippen LogP contribution in [0.1, 0.15) is 126 Å². The van der Waals surface area contributed by atoms with Gasteiger partial charge in [-0.05, 0) is 106 Å². The number of carbonyl (C=O) groups excluding carboxylic acids is 2. The molecule has 0 aliphatic carbocycles. The third-order valence-electron chi connectivity index (χ3n) is 6.16. The van der Waals surface area contributed by atoms with Gasteiger partial charge < -0.3 is 10.1 Å². The minimum Gasteiger partial charge on any atom is -0.352 e. The van der Waals surface area contributed by atoms with Crippen LogP contribution in [-0.2, 0) is 9.59 Å². The molecule has 0 aromatic carbocycles. The summed E-state index contributed by atoms with van der Waals surface area (Å²) in [6.07, 6.45) is 23.4. The van der Waals surface area contributed by atoms with E-state index in [4.69, 9.17) is 0 Å². The summed E-state index contributed by atoms with van der Waals surface area (Å²) in [4.78, 5) is 22.6. The zero-order valence-electron chi connectivity index (χ0n) is 23.9. The monoisotopic (exact) mass is 483 g/mol. The third kappa shape index (κ3) is 22.1. The average Bonchev–Trinajstić information content (AvgIpc) is 2.77. The van der Waals surface area contributed by atoms with Gasteiger partial charge in [-0.15, -0.1) is 0 Å². The second-order valence-electron chi connectivity index (χ2n) is 10.2. The minimum atomic E-state index is 0.145. The first-order chi connectivity index (χ1) is 16.6. The highest BCUT2D eigenvalue weighted by atomic mass is 16.1. The number of amides is 1. The number of hydrogen-bond donors (Lipinski definition) is 1. The quantitative estimate of drug-likeness (QED) is 0.186. The maximum Gasteiger partial charge on any atom is 0.220 e. The van der Waals surface area contributed by atoms with Crippen molar-refractivity contribution in [2.45, 2.75) is 126 Å². The Morgan fingerprint density at radius 1 is 0.514 bits per heavy atom. The molecule has 35 heavy (non-hydrogen) atoms. The molecule has 0 saturated heterocycles. The second kappa shape index (κ2) is 21.1. The molecule has 0 rings (SSSR count). The molecule has 198 valence electrons. The molecule has 0 aliphatic rings. The van der Waals surface area contributed by atoms with Crippen molar-refractivity contribution < 1.29 is 9.59 Å². The number of allylic oxidation sites excluding steroid dienone is 9. The van der Waals surface area contributed by atoms with Gasteiger partial charge in [0.05, 0.1) is 0 Å². The Labute approximate surface area is 216 Å². The number of nitrogens with one attached hydrogen (secondary N) is 1. The third-order valence-corrected chi connectivity index (χ3v) is 6.16. The van der Waals surface area contributed by atoms with Crippen molar-refractivity contribution >= 4 is 11.7 Å². The van der Waals surface area contributed by atoms with E-state index in [-0.39, 0.29) is 11.7 Å². The SMILES string of the molecule is CCCC(=O)NCC(C)=CCCC(C)=CCCC(C)=CCCC(C)=CCCC(C)=CCCC(C)=O. The molecule has 0 radical (unpaired) electrons. The van der Waals surface area contributed by atoms with Gasteiger partial charge in [-0.25, -0.2) is 0 Å². The van der Waals surface area contributed by atoms with Crippen LogP contribution in [0.2, 0.25) is 0 Å². The number of Topliss-reactive ketones (excluding diaryl/α,β-unsaturated/α-hetero) is 1. The lowest BCUT2D eigenvalue weighted by Gasteiger charge is -2.05. The normalized spacial score (nSPS) is 13.9. The lowest BCUT2D eigenvalue weighted by molar-refractivity contribution is -0.121. The van der Waals surface area contributed by atoms with Gasteiger partial charge in [0.25, 0.3) is 0 Å². The van der Waals surface area contributed by atoms with Gasteiger partial charge in [-0.1, -0.05) is 65.2 Å². The molecular weight excluding hydrogens is 430 g/mol. The van der Waals surface area contributed by atoms with Gasteiger partial charge in [0, 0.05) is 19.4 Å². The molecule has 0 bridgehead atoms. The zero-order chi connectivity index (χ0) is 26.5. The number of ketones is 1. The summed E-state index contributed by atoms with van der Waals surface area (Å²) < 4.78 is 0. The van der Waals surface area contributed by atoms with E-state index >= 15 is 0 Å². The van der Waals surface area contributed by atoms with Gasteiger partial charge in [0.15, 0.2) is 0 Å². The van der Waals surface area contributed by atoms with Crippen molar-refractivity contribution in [2.24, 2.45) is 0 Å².